The van der Waals surface area contributed by atoms with Gasteiger partial charge in [0.15, 0.2) is 0 Å². The van der Waals surface area contributed by atoms with Crippen LogP contribution in [0, 0.1) is 3.57 Å². The van der Waals surface area contributed by atoms with E-state index in [4.69, 9.17) is 16.7 Å². The lowest BCUT2D eigenvalue weighted by Crippen LogP contribution is -1.85. The second-order valence-corrected chi connectivity index (χ2v) is 5.43. The molecule has 92 valence electrons. The van der Waals surface area contributed by atoms with Crippen molar-refractivity contribution in [3.63, 3.8) is 0 Å². The maximum Gasteiger partial charge on any atom is 0.0615 e. The highest BCUT2D eigenvalue weighted by Crippen LogP contribution is 2.27. The summed E-state index contributed by atoms with van der Waals surface area (Å²) in [5, 5.41) is 9.54. The molecule has 0 saturated heterocycles. The van der Waals surface area contributed by atoms with E-state index in [1.807, 2.05) is 36.4 Å². The number of hydrogen-bond acceptors (Lipinski definition) is 1. The lowest BCUT2D eigenvalue weighted by atomic mass is 10.0. The molecule has 0 fully saturated rings. The average molecular weight is 371 g/mol. The van der Waals surface area contributed by atoms with Crippen LogP contribution >= 0.6 is 34.2 Å². The van der Waals surface area contributed by atoms with E-state index in [1.54, 1.807) is 6.08 Å². The van der Waals surface area contributed by atoms with Gasteiger partial charge in [-0.3, -0.25) is 0 Å². The van der Waals surface area contributed by atoms with Crippen molar-refractivity contribution >= 4 is 40.3 Å². The lowest BCUT2D eigenvalue weighted by molar-refractivity contribution is 0.343. The predicted molar refractivity (Wildman–Crippen MR) is 85.7 cm³/mol. The summed E-state index contributed by atoms with van der Waals surface area (Å²) in [7, 11) is 0. The molecule has 0 aliphatic heterocycles. The molecule has 0 saturated carbocycles. The van der Waals surface area contributed by atoms with Gasteiger partial charge in [0.1, 0.15) is 0 Å². The van der Waals surface area contributed by atoms with Gasteiger partial charge >= 0.3 is 0 Å². The van der Waals surface area contributed by atoms with Gasteiger partial charge < -0.3 is 5.11 Å². The van der Waals surface area contributed by atoms with Crippen LogP contribution in [-0.2, 0) is 0 Å². The third kappa shape index (κ3) is 3.34. The van der Waals surface area contributed by atoms with Gasteiger partial charge in [-0.25, -0.2) is 0 Å². The highest BCUT2D eigenvalue weighted by atomic mass is 127. The van der Waals surface area contributed by atoms with Crippen LogP contribution < -0.4 is 0 Å². The fraction of sp³-hybridized carbons (Fsp3) is 0.0667. The first-order valence-electron chi connectivity index (χ1n) is 5.53. The summed E-state index contributed by atoms with van der Waals surface area (Å²) < 4.78 is 1.19. The predicted octanol–water partition coefficient (Wildman–Crippen LogP) is 4.62. The van der Waals surface area contributed by atoms with Crippen LogP contribution in [0.25, 0.3) is 17.2 Å². The van der Waals surface area contributed by atoms with Crippen LogP contribution in [0.1, 0.15) is 5.56 Å². The SMILES string of the molecule is OC/C=C\c1ccc(I)c(-c2ccc(Cl)cc2)c1. The zero-order chi connectivity index (χ0) is 13.0. The molecule has 0 unspecified atom stereocenters. The van der Waals surface area contributed by atoms with Gasteiger partial charge in [0, 0.05) is 8.59 Å². The highest BCUT2D eigenvalue weighted by Gasteiger charge is 2.03. The average Bonchev–Trinajstić information content (AvgIpc) is 2.39. The molecule has 0 aliphatic rings. The monoisotopic (exact) mass is 370 g/mol. The van der Waals surface area contributed by atoms with Crippen molar-refractivity contribution in [1.82, 2.24) is 0 Å². The zero-order valence-corrected chi connectivity index (χ0v) is 12.5. The Kier molecular flexibility index (Phi) is 4.80. The van der Waals surface area contributed by atoms with Gasteiger partial charge in [-0.1, -0.05) is 42.0 Å². The second-order valence-electron chi connectivity index (χ2n) is 3.83. The Morgan fingerprint density at radius 2 is 1.83 bits per heavy atom. The van der Waals surface area contributed by atoms with Crippen LogP contribution in [0.2, 0.25) is 5.02 Å². The molecule has 0 heterocycles. The standard InChI is InChI=1S/C15H12ClIO/c16-13-6-4-12(5-7-13)14-10-11(2-1-9-18)3-8-15(14)17/h1-8,10,18H,9H2/b2-1-. The van der Waals surface area contributed by atoms with E-state index in [-0.39, 0.29) is 6.61 Å². The minimum atomic E-state index is 0.0578. The third-order valence-electron chi connectivity index (χ3n) is 2.56. The quantitative estimate of drug-likeness (QED) is 0.782. The molecule has 1 N–H and O–H groups in total. The van der Waals surface area contributed by atoms with Crippen LogP contribution in [0.3, 0.4) is 0 Å². The molecule has 1 nitrogen and oxygen atoms in total. The van der Waals surface area contributed by atoms with Crippen molar-refractivity contribution < 1.29 is 5.11 Å². The van der Waals surface area contributed by atoms with E-state index in [1.165, 1.54) is 9.13 Å². The number of halogens is 2. The molecule has 2 aromatic rings. The first-order chi connectivity index (χ1) is 8.70. The summed E-state index contributed by atoms with van der Waals surface area (Å²) >= 11 is 8.22. The van der Waals surface area contributed by atoms with E-state index in [2.05, 4.69) is 34.7 Å². The van der Waals surface area contributed by atoms with Crippen molar-refractivity contribution in [2.75, 3.05) is 6.61 Å². The highest BCUT2D eigenvalue weighted by molar-refractivity contribution is 14.1. The molecule has 0 atom stereocenters. The van der Waals surface area contributed by atoms with Gasteiger partial charge in [-0.2, -0.15) is 0 Å². The molecular weight excluding hydrogens is 359 g/mol. The van der Waals surface area contributed by atoms with Gasteiger partial charge in [0.2, 0.25) is 0 Å². The Morgan fingerprint density at radius 1 is 1.11 bits per heavy atom. The Morgan fingerprint density at radius 3 is 2.50 bits per heavy atom. The Balaban J connectivity index is 2.43. The number of hydrogen-bond donors (Lipinski definition) is 1. The normalized spacial score (nSPS) is 11.1. The molecule has 0 aromatic heterocycles. The van der Waals surface area contributed by atoms with E-state index >= 15 is 0 Å². The van der Waals surface area contributed by atoms with E-state index in [9.17, 15) is 0 Å². The van der Waals surface area contributed by atoms with Crippen LogP contribution in [-0.4, -0.2) is 11.7 Å². The molecule has 2 aromatic carbocycles. The number of aliphatic hydroxyl groups is 1. The van der Waals surface area contributed by atoms with Crippen molar-refractivity contribution in [2.45, 2.75) is 0 Å². The summed E-state index contributed by atoms with van der Waals surface area (Å²) in [6.45, 7) is 0.0578. The van der Waals surface area contributed by atoms with Crippen LogP contribution in [0.5, 0.6) is 0 Å². The topological polar surface area (TPSA) is 20.2 Å². The first-order valence-corrected chi connectivity index (χ1v) is 6.99. The Bertz CT molecular complexity index is 561. The van der Waals surface area contributed by atoms with Gasteiger partial charge in [-0.15, -0.1) is 0 Å². The number of aliphatic hydroxyl groups excluding tert-OH is 1. The van der Waals surface area contributed by atoms with Crippen molar-refractivity contribution in [3.8, 4) is 11.1 Å². The molecule has 3 heteroatoms. The molecular formula is C15H12ClIO. The third-order valence-corrected chi connectivity index (χ3v) is 3.75. The Labute approximate surface area is 125 Å². The maximum absolute atomic E-state index is 8.80. The summed E-state index contributed by atoms with van der Waals surface area (Å²) in [6.07, 6.45) is 3.64. The van der Waals surface area contributed by atoms with Crippen LogP contribution in [0.15, 0.2) is 48.5 Å². The lowest BCUT2D eigenvalue weighted by Gasteiger charge is -2.06. The number of benzene rings is 2. The maximum atomic E-state index is 8.80. The van der Waals surface area contributed by atoms with Crippen molar-refractivity contribution in [3.05, 3.63) is 62.7 Å². The first kappa shape index (κ1) is 13.6. The molecule has 0 spiro atoms. The van der Waals surface area contributed by atoms with Crippen molar-refractivity contribution in [2.24, 2.45) is 0 Å². The summed E-state index contributed by atoms with van der Waals surface area (Å²) in [4.78, 5) is 0. The number of rotatable bonds is 3. The second kappa shape index (κ2) is 6.36. The zero-order valence-electron chi connectivity index (χ0n) is 9.61. The van der Waals surface area contributed by atoms with Crippen LogP contribution in [0.4, 0.5) is 0 Å². The minimum Gasteiger partial charge on any atom is -0.392 e. The van der Waals surface area contributed by atoms with E-state index in [0.717, 1.165) is 16.1 Å². The largest absolute Gasteiger partial charge is 0.392 e. The molecule has 0 amide bonds. The summed E-state index contributed by atoms with van der Waals surface area (Å²) in [5.41, 5.74) is 3.39. The Hall–Kier alpha value is -0.840. The molecule has 0 bridgehead atoms. The van der Waals surface area contributed by atoms with Gasteiger partial charge in [0.25, 0.3) is 0 Å². The van der Waals surface area contributed by atoms with Crippen molar-refractivity contribution in [1.29, 1.82) is 0 Å². The fourth-order valence-corrected chi connectivity index (χ4v) is 2.46. The smallest absolute Gasteiger partial charge is 0.0615 e. The van der Waals surface area contributed by atoms with E-state index < -0.39 is 0 Å². The summed E-state index contributed by atoms with van der Waals surface area (Å²) in [5.74, 6) is 0. The fourth-order valence-electron chi connectivity index (χ4n) is 1.69. The van der Waals surface area contributed by atoms with Gasteiger partial charge in [-0.05, 0) is 63.5 Å². The molecule has 0 aliphatic carbocycles. The summed E-state index contributed by atoms with van der Waals surface area (Å²) in [6, 6.07) is 14.0. The van der Waals surface area contributed by atoms with Gasteiger partial charge in [0.05, 0.1) is 6.61 Å². The molecule has 0 radical (unpaired) electrons. The molecule has 2 rings (SSSR count). The molecule has 18 heavy (non-hydrogen) atoms. The minimum absolute atomic E-state index is 0.0578. The van der Waals surface area contributed by atoms with E-state index in [0.29, 0.717) is 0 Å².